The lowest BCUT2D eigenvalue weighted by atomic mass is 10.1. The predicted molar refractivity (Wildman–Crippen MR) is 88.2 cm³/mol. The molecule has 0 aliphatic heterocycles. The first kappa shape index (κ1) is 16.4. The third kappa shape index (κ3) is 4.81. The van der Waals surface area contributed by atoms with Crippen LogP contribution in [0.5, 0.6) is 5.75 Å². The smallest absolute Gasteiger partial charge is 0.263 e. The van der Waals surface area contributed by atoms with Crippen molar-refractivity contribution >= 4 is 17.5 Å². The highest BCUT2D eigenvalue weighted by atomic mass is 35.5. The van der Waals surface area contributed by atoms with E-state index >= 15 is 0 Å². The van der Waals surface area contributed by atoms with Crippen LogP contribution in [-0.2, 0) is 11.3 Å². The molecule has 4 nitrogen and oxygen atoms in total. The molecular formula is C17H21ClN2O2. The van der Waals surface area contributed by atoms with Gasteiger partial charge in [0.15, 0.2) is 5.60 Å². The van der Waals surface area contributed by atoms with Crippen molar-refractivity contribution in [2.45, 2.75) is 32.4 Å². The summed E-state index contributed by atoms with van der Waals surface area (Å²) in [4.78, 5) is 12.2. The summed E-state index contributed by atoms with van der Waals surface area (Å²) in [6.45, 7) is 5.00. The Morgan fingerprint density at radius 2 is 1.86 bits per heavy atom. The fraction of sp³-hybridized carbons (Fsp3) is 0.353. The minimum absolute atomic E-state index is 0.130. The van der Waals surface area contributed by atoms with Crippen LogP contribution < -0.4 is 10.1 Å². The van der Waals surface area contributed by atoms with Crippen LogP contribution in [0.3, 0.4) is 0 Å². The Labute approximate surface area is 136 Å². The van der Waals surface area contributed by atoms with Crippen LogP contribution in [0.4, 0.5) is 0 Å². The molecule has 118 valence electrons. The van der Waals surface area contributed by atoms with Gasteiger partial charge in [-0.2, -0.15) is 0 Å². The van der Waals surface area contributed by atoms with Crippen LogP contribution in [0.2, 0.25) is 5.02 Å². The quantitative estimate of drug-likeness (QED) is 0.793. The van der Waals surface area contributed by atoms with E-state index in [-0.39, 0.29) is 5.91 Å². The van der Waals surface area contributed by atoms with Gasteiger partial charge in [0, 0.05) is 30.5 Å². The van der Waals surface area contributed by atoms with E-state index < -0.39 is 5.60 Å². The molecule has 22 heavy (non-hydrogen) atoms. The van der Waals surface area contributed by atoms with Crippen LogP contribution in [0.1, 0.15) is 20.3 Å². The molecule has 1 N–H and O–H groups in total. The number of carbonyl (C=O) groups excluding carboxylic acids is 1. The largest absolute Gasteiger partial charge is 0.478 e. The van der Waals surface area contributed by atoms with E-state index in [2.05, 4.69) is 9.88 Å². The number of aryl methyl sites for hydroxylation is 1. The number of halogens is 1. The van der Waals surface area contributed by atoms with E-state index in [0.29, 0.717) is 17.3 Å². The maximum atomic E-state index is 12.2. The molecule has 0 saturated carbocycles. The van der Waals surface area contributed by atoms with Crippen LogP contribution in [0, 0.1) is 0 Å². The molecule has 0 fully saturated rings. The number of amides is 1. The zero-order chi connectivity index (χ0) is 16.0. The number of benzene rings is 1. The molecular weight excluding hydrogens is 300 g/mol. The van der Waals surface area contributed by atoms with Gasteiger partial charge in [-0.1, -0.05) is 11.6 Å². The van der Waals surface area contributed by atoms with E-state index in [1.807, 2.05) is 24.5 Å². The molecule has 0 bridgehead atoms. The van der Waals surface area contributed by atoms with Gasteiger partial charge in [0.25, 0.3) is 5.91 Å². The topological polar surface area (TPSA) is 43.3 Å². The Hall–Kier alpha value is -1.94. The highest BCUT2D eigenvalue weighted by Gasteiger charge is 2.29. The molecule has 2 rings (SSSR count). The number of ether oxygens (including phenoxy) is 1. The van der Waals surface area contributed by atoms with Gasteiger partial charge >= 0.3 is 0 Å². The second kappa shape index (κ2) is 7.36. The lowest BCUT2D eigenvalue weighted by Crippen LogP contribution is -2.46. The van der Waals surface area contributed by atoms with Crippen molar-refractivity contribution in [2.75, 3.05) is 6.54 Å². The van der Waals surface area contributed by atoms with Gasteiger partial charge in [0.1, 0.15) is 5.75 Å². The fourth-order valence-electron chi connectivity index (χ4n) is 2.04. The Bertz CT molecular complexity index is 592. The van der Waals surface area contributed by atoms with E-state index in [1.54, 1.807) is 38.1 Å². The Balaban J connectivity index is 1.78. The van der Waals surface area contributed by atoms with Gasteiger partial charge in [-0.05, 0) is 56.7 Å². The van der Waals surface area contributed by atoms with Gasteiger partial charge in [0.05, 0.1) is 0 Å². The molecule has 0 atom stereocenters. The van der Waals surface area contributed by atoms with Gasteiger partial charge in [-0.3, -0.25) is 4.79 Å². The summed E-state index contributed by atoms with van der Waals surface area (Å²) in [7, 11) is 0. The summed E-state index contributed by atoms with van der Waals surface area (Å²) < 4.78 is 7.83. The monoisotopic (exact) mass is 320 g/mol. The van der Waals surface area contributed by atoms with Gasteiger partial charge in [0.2, 0.25) is 0 Å². The lowest BCUT2D eigenvalue weighted by Gasteiger charge is -2.25. The molecule has 2 aromatic rings. The zero-order valence-corrected chi connectivity index (χ0v) is 13.6. The number of nitrogens with one attached hydrogen (secondary N) is 1. The molecule has 0 aliphatic rings. The third-order valence-electron chi connectivity index (χ3n) is 3.28. The van der Waals surface area contributed by atoms with Crippen LogP contribution >= 0.6 is 11.6 Å². The SMILES string of the molecule is CC(C)(Oc1ccc(Cl)cc1)C(=O)NCCCn1cccc1. The first-order valence-corrected chi connectivity index (χ1v) is 7.69. The molecule has 0 unspecified atom stereocenters. The number of hydrogen-bond donors (Lipinski definition) is 1. The van der Waals surface area contributed by atoms with Crippen LogP contribution in [-0.4, -0.2) is 22.6 Å². The normalized spacial score (nSPS) is 11.2. The molecule has 1 aromatic carbocycles. The molecule has 1 amide bonds. The van der Waals surface area contributed by atoms with Crippen molar-refractivity contribution in [3.63, 3.8) is 0 Å². The van der Waals surface area contributed by atoms with E-state index in [1.165, 1.54) is 0 Å². The van der Waals surface area contributed by atoms with Gasteiger partial charge in [-0.15, -0.1) is 0 Å². The molecule has 0 radical (unpaired) electrons. The van der Waals surface area contributed by atoms with E-state index in [9.17, 15) is 4.79 Å². The highest BCUT2D eigenvalue weighted by molar-refractivity contribution is 6.30. The second-order valence-corrected chi connectivity index (χ2v) is 6.03. The average Bonchev–Trinajstić information content (AvgIpc) is 2.99. The van der Waals surface area contributed by atoms with Crippen molar-refractivity contribution in [2.24, 2.45) is 0 Å². The minimum atomic E-state index is -0.929. The number of aromatic nitrogens is 1. The Morgan fingerprint density at radius 1 is 1.23 bits per heavy atom. The summed E-state index contributed by atoms with van der Waals surface area (Å²) in [5.41, 5.74) is -0.929. The third-order valence-corrected chi connectivity index (χ3v) is 3.53. The number of nitrogens with zero attached hydrogens (tertiary/aromatic N) is 1. The second-order valence-electron chi connectivity index (χ2n) is 5.60. The van der Waals surface area contributed by atoms with Crippen LogP contribution in [0.25, 0.3) is 0 Å². The van der Waals surface area contributed by atoms with Gasteiger partial charge < -0.3 is 14.6 Å². The number of carbonyl (C=O) groups is 1. The molecule has 1 heterocycles. The molecule has 0 aliphatic carbocycles. The first-order chi connectivity index (χ1) is 10.5. The predicted octanol–water partition coefficient (Wildman–Crippen LogP) is 3.51. The summed E-state index contributed by atoms with van der Waals surface area (Å²) in [5.74, 6) is 0.492. The summed E-state index contributed by atoms with van der Waals surface area (Å²) >= 11 is 5.84. The molecule has 1 aromatic heterocycles. The molecule has 0 saturated heterocycles. The first-order valence-electron chi connectivity index (χ1n) is 7.31. The number of rotatable bonds is 7. The summed E-state index contributed by atoms with van der Waals surface area (Å²) in [6, 6.07) is 11.0. The standard InChI is InChI=1S/C17H21ClN2O2/c1-17(2,22-15-8-6-14(18)7-9-15)16(21)19-10-5-13-20-11-3-4-12-20/h3-4,6-9,11-12H,5,10,13H2,1-2H3,(H,19,21). The van der Waals surface area contributed by atoms with Crippen molar-refractivity contribution in [3.8, 4) is 5.75 Å². The maximum absolute atomic E-state index is 12.2. The van der Waals surface area contributed by atoms with Crippen molar-refractivity contribution in [1.29, 1.82) is 0 Å². The summed E-state index contributed by atoms with van der Waals surface area (Å²) in [6.07, 6.45) is 4.89. The number of hydrogen-bond acceptors (Lipinski definition) is 2. The van der Waals surface area contributed by atoms with Crippen molar-refractivity contribution in [3.05, 3.63) is 53.8 Å². The zero-order valence-electron chi connectivity index (χ0n) is 12.9. The Morgan fingerprint density at radius 3 is 2.50 bits per heavy atom. The summed E-state index contributed by atoms with van der Waals surface area (Å²) in [5, 5.41) is 3.55. The van der Waals surface area contributed by atoms with Crippen LogP contribution in [0.15, 0.2) is 48.8 Å². The van der Waals surface area contributed by atoms with Gasteiger partial charge in [-0.25, -0.2) is 0 Å². The maximum Gasteiger partial charge on any atom is 0.263 e. The minimum Gasteiger partial charge on any atom is -0.478 e. The molecule has 5 heteroatoms. The van der Waals surface area contributed by atoms with Crippen molar-refractivity contribution in [1.82, 2.24) is 9.88 Å². The van der Waals surface area contributed by atoms with E-state index in [4.69, 9.17) is 16.3 Å². The molecule has 0 spiro atoms. The van der Waals surface area contributed by atoms with Crippen molar-refractivity contribution < 1.29 is 9.53 Å². The Kier molecular flexibility index (Phi) is 5.50. The lowest BCUT2D eigenvalue weighted by molar-refractivity contribution is -0.134. The highest BCUT2D eigenvalue weighted by Crippen LogP contribution is 2.20. The average molecular weight is 321 g/mol. The fourth-order valence-corrected chi connectivity index (χ4v) is 2.17. The van der Waals surface area contributed by atoms with E-state index in [0.717, 1.165) is 13.0 Å².